The maximum absolute atomic E-state index is 11.0. The molecule has 1 heterocycles. The Balaban J connectivity index is 0.00000196. The molecule has 0 aromatic carbocycles. The van der Waals surface area contributed by atoms with E-state index in [2.05, 4.69) is 10.5 Å². The van der Waals surface area contributed by atoms with Crippen molar-refractivity contribution in [2.24, 2.45) is 5.73 Å². The molecule has 0 fully saturated rings. The summed E-state index contributed by atoms with van der Waals surface area (Å²) in [6.45, 7) is 0. The molecule has 0 aromatic heterocycles. The summed E-state index contributed by atoms with van der Waals surface area (Å²) < 4.78 is 22.0. The van der Waals surface area contributed by atoms with Crippen molar-refractivity contribution in [3.8, 4) is 0 Å². The maximum Gasteiger partial charge on any atom is 0.325 e. The second-order valence-corrected chi connectivity index (χ2v) is 5.78. The van der Waals surface area contributed by atoms with E-state index < -0.39 is 9.84 Å². The third kappa shape index (κ3) is 5.19. The SMILES string of the molecule is N/C(=[NH+]/NC=O)SC1C=CS(=O)(=O)C1.[Br-]. The quantitative estimate of drug-likeness (QED) is 0.208. The normalized spacial score (nSPS) is 23.2. The number of thioether (sulfide) groups is 1. The Morgan fingerprint density at radius 1 is 1.67 bits per heavy atom. The van der Waals surface area contributed by atoms with E-state index in [-0.39, 0.29) is 33.2 Å². The molecule has 9 heteroatoms. The van der Waals surface area contributed by atoms with Gasteiger partial charge in [0.1, 0.15) is 0 Å². The number of hydrazone groups is 1. The highest BCUT2D eigenvalue weighted by Gasteiger charge is 2.24. The molecule has 0 aromatic rings. The number of amides is 1. The third-order valence-electron chi connectivity index (χ3n) is 1.43. The van der Waals surface area contributed by atoms with Gasteiger partial charge in [0.05, 0.1) is 5.75 Å². The molecule has 0 bridgehead atoms. The number of hydrogen-bond donors (Lipinski definition) is 3. The second kappa shape index (κ2) is 6.13. The molecule has 0 saturated carbocycles. The van der Waals surface area contributed by atoms with Crippen molar-refractivity contribution in [1.29, 1.82) is 0 Å². The average molecular weight is 316 g/mol. The molecular weight excluding hydrogens is 306 g/mol. The van der Waals surface area contributed by atoms with E-state index in [9.17, 15) is 13.2 Å². The summed E-state index contributed by atoms with van der Waals surface area (Å²) in [5.74, 6) is 0.0428. The largest absolute Gasteiger partial charge is 1.00 e. The van der Waals surface area contributed by atoms with Crippen LogP contribution in [0.25, 0.3) is 0 Å². The lowest BCUT2D eigenvalue weighted by molar-refractivity contribution is -0.506. The number of nitrogens with one attached hydrogen (secondary N) is 2. The Bertz CT molecular complexity index is 379. The Morgan fingerprint density at radius 3 is 2.80 bits per heavy atom. The number of halogens is 1. The Morgan fingerprint density at radius 2 is 2.33 bits per heavy atom. The van der Waals surface area contributed by atoms with Crippen LogP contribution in [0.2, 0.25) is 0 Å². The molecule has 0 spiro atoms. The fourth-order valence-electron chi connectivity index (χ4n) is 0.914. The fraction of sp³-hybridized carbons (Fsp3) is 0.333. The van der Waals surface area contributed by atoms with Crippen LogP contribution in [-0.2, 0) is 14.6 Å². The van der Waals surface area contributed by atoms with E-state index in [0.29, 0.717) is 6.41 Å². The summed E-state index contributed by atoms with van der Waals surface area (Å²) in [4.78, 5) is 9.89. The van der Waals surface area contributed by atoms with Gasteiger partial charge in [-0.05, 0) is 11.8 Å². The van der Waals surface area contributed by atoms with Crippen molar-refractivity contribution in [3.05, 3.63) is 11.5 Å². The highest BCUT2D eigenvalue weighted by Crippen LogP contribution is 2.19. The van der Waals surface area contributed by atoms with Gasteiger partial charge in [0, 0.05) is 10.7 Å². The molecule has 86 valence electrons. The van der Waals surface area contributed by atoms with Gasteiger partial charge in [-0.3, -0.25) is 10.5 Å². The zero-order valence-corrected chi connectivity index (χ0v) is 10.7. The van der Waals surface area contributed by atoms with E-state index in [4.69, 9.17) is 5.73 Å². The number of amidine groups is 1. The minimum absolute atomic E-state index is 0. The van der Waals surface area contributed by atoms with Gasteiger partial charge in [0.2, 0.25) is 6.41 Å². The van der Waals surface area contributed by atoms with E-state index in [1.165, 1.54) is 5.41 Å². The predicted molar refractivity (Wildman–Crippen MR) is 53.7 cm³/mol. The highest BCUT2D eigenvalue weighted by atomic mass is 79.9. The fourth-order valence-corrected chi connectivity index (χ4v) is 3.56. The second-order valence-electron chi connectivity index (χ2n) is 2.57. The molecule has 4 N–H and O–H groups in total. The minimum Gasteiger partial charge on any atom is -1.00 e. The van der Waals surface area contributed by atoms with Crippen molar-refractivity contribution >= 4 is 33.2 Å². The maximum atomic E-state index is 11.0. The Hall–Kier alpha value is -0.540. The molecule has 0 saturated heterocycles. The summed E-state index contributed by atoms with van der Waals surface area (Å²) in [5.41, 5.74) is 7.60. The third-order valence-corrected chi connectivity index (χ3v) is 4.02. The van der Waals surface area contributed by atoms with Gasteiger partial charge in [-0.2, -0.15) is 10.5 Å². The van der Waals surface area contributed by atoms with Gasteiger partial charge in [0.15, 0.2) is 9.84 Å². The predicted octanol–water partition coefficient (Wildman–Crippen LogP) is -5.91. The number of carbonyl (C=O) groups is 1. The van der Waals surface area contributed by atoms with Crippen molar-refractivity contribution < 1.29 is 35.3 Å². The van der Waals surface area contributed by atoms with E-state index in [0.717, 1.165) is 11.8 Å². The first-order valence-electron chi connectivity index (χ1n) is 3.69. The van der Waals surface area contributed by atoms with Gasteiger partial charge in [0.25, 0.3) is 0 Å². The van der Waals surface area contributed by atoms with Gasteiger partial charge in [-0.1, -0.05) is 6.08 Å². The van der Waals surface area contributed by atoms with Crippen LogP contribution in [-0.4, -0.2) is 31.0 Å². The van der Waals surface area contributed by atoms with Gasteiger partial charge in [-0.25, -0.2) is 8.42 Å². The standard InChI is InChI=1S/C6H9N3O3S2.BrH/c7-6(9-8-4-10)13-5-1-2-14(11,12)3-5;/h1-2,4-5H,3H2,(H2,7,9)(H,8,10);1H. The Labute approximate surface area is 102 Å². The minimum atomic E-state index is -3.05. The van der Waals surface area contributed by atoms with Crippen LogP contribution in [0, 0.1) is 0 Å². The van der Waals surface area contributed by atoms with Crippen molar-refractivity contribution in [2.45, 2.75) is 5.25 Å². The summed E-state index contributed by atoms with van der Waals surface area (Å²) >= 11 is 1.15. The first-order chi connectivity index (χ1) is 6.53. The average Bonchev–Trinajstić information content (AvgIpc) is 2.42. The number of carbonyl (C=O) groups excluding carboxylic acids is 1. The zero-order chi connectivity index (χ0) is 10.6. The van der Waals surface area contributed by atoms with Crippen LogP contribution in [0.1, 0.15) is 0 Å². The van der Waals surface area contributed by atoms with Gasteiger partial charge >= 0.3 is 5.17 Å². The van der Waals surface area contributed by atoms with Crippen molar-refractivity contribution in [2.75, 3.05) is 5.75 Å². The molecule has 1 amide bonds. The monoisotopic (exact) mass is 315 g/mol. The zero-order valence-electron chi connectivity index (χ0n) is 7.51. The topological polar surface area (TPSA) is 103 Å². The Kier molecular flexibility index (Phi) is 5.91. The smallest absolute Gasteiger partial charge is 0.325 e. The van der Waals surface area contributed by atoms with Crippen LogP contribution < -0.4 is 33.2 Å². The van der Waals surface area contributed by atoms with Gasteiger partial charge < -0.3 is 17.0 Å². The lowest BCUT2D eigenvalue weighted by atomic mass is 10.5. The van der Waals surface area contributed by atoms with Crippen LogP contribution in [0.5, 0.6) is 0 Å². The molecule has 0 aliphatic carbocycles. The lowest BCUT2D eigenvalue weighted by Crippen LogP contribution is -3.00. The molecule has 1 aliphatic heterocycles. The summed E-state index contributed by atoms with van der Waals surface area (Å²) in [6.07, 6.45) is 2.00. The highest BCUT2D eigenvalue weighted by molar-refractivity contribution is 8.15. The van der Waals surface area contributed by atoms with Crippen LogP contribution >= 0.6 is 11.8 Å². The molecule has 6 nitrogen and oxygen atoms in total. The van der Waals surface area contributed by atoms with E-state index in [1.807, 2.05) is 0 Å². The first-order valence-corrected chi connectivity index (χ1v) is 6.28. The summed E-state index contributed by atoms with van der Waals surface area (Å²) in [5, 5.41) is 3.63. The first kappa shape index (κ1) is 14.5. The number of rotatable bonds is 3. The van der Waals surface area contributed by atoms with Crippen LogP contribution in [0.15, 0.2) is 11.5 Å². The summed E-state index contributed by atoms with van der Waals surface area (Å²) in [7, 11) is -3.05. The van der Waals surface area contributed by atoms with E-state index in [1.54, 1.807) is 6.08 Å². The van der Waals surface area contributed by atoms with Crippen molar-refractivity contribution in [3.63, 3.8) is 0 Å². The van der Waals surface area contributed by atoms with E-state index >= 15 is 0 Å². The number of sulfone groups is 1. The molecule has 1 rings (SSSR count). The molecule has 0 radical (unpaired) electrons. The van der Waals surface area contributed by atoms with Crippen LogP contribution in [0.3, 0.4) is 0 Å². The number of hydrazine groups is 1. The van der Waals surface area contributed by atoms with Gasteiger partial charge in [-0.15, -0.1) is 0 Å². The van der Waals surface area contributed by atoms with Crippen molar-refractivity contribution in [1.82, 2.24) is 5.43 Å². The molecular formula is C6H10BrN3O3S2. The number of hydrogen-bond acceptors (Lipinski definition) is 4. The van der Waals surface area contributed by atoms with Crippen LogP contribution in [0.4, 0.5) is 0 Å². The number of nitrogens with two attached hydrogens (primary N) is 1. The lowest BCUT2D eigenvalue weighted by Gasteiger charge is -2.00. The molecule has 15 heavy (non-hydrogen) atoms. The molecule has 1 unspecified atom stereocenters. The summed E-state index contributed by atoms with van der Waals surface area (Å²) in [6, 6.07) is 0. The molecule has 1 aliphatic rings. The molecule has 1 atom stereocenters.